The first-order valence-electron chi connectivity index (χ1n) is 8.12. The molecule has 0 fully saturated rings. The lowest BCUT2D eigenvalue weighted by Crippen LogP contribution is -2.14. The average Bonchev–Trinajstić information content (AvgIpc) is 3.19. The predicted octanol–water partition coefficient (Wildman–Crippen LogP) is 3.33. The summed E-state index contributed by atoms with van der Waals surface area (Å²) in [6, 6.07) is 17.8. The Balaban J connectivity index is 1.60. The van der Waals surface area contributed by atoms with E-state index in [2.05, 4.69) is 24.7 Å². The summed E-state index contributed by atoms with van der Waals surface area (Å²) in [5, 5.41) is 0. The number of nitrogens with one attached hydrogen (secondary N) is 2. The second kappa shape index (κ2) is 7.00. The van der Waals surface area contributed by atoms with Crippen LogP contribution in [0.1, 0.15) is 0 Å². The van der Waals surface area contributed by atoms with Crippen LogP contribution < -0.4 is 4.72 Å². The van der Waals surface area contributed by atoms with Crippen LogP contribution in [0.4, 0.5) is 5.95 Å². The topological polar surface area (TPSA) is 101 Å². The van der Waals surface area contributed by atoms with Crippen LogP contribution in [0.15, 0.2) is 84.3 Å². The van der Waals surface area contributed by atoms with Crippen LogP contribution in [0.2, 0.25) is 0 Å². The molecule has 4 rings (SSSR count). The largest absolute Gasteiger partial charge is 0.344 e. The van der Waals surface area contributed by atoms with Gasteiger partial charge in [-0.15, -0.1) is 0 Å². The zero-order valence-corrected chi connectivity index (χ0v) is 14.9. The minimum Gasteiger partial charge on any atom is -0.344 e. The van der Waals surface area contributed by atoms with Gasteiger partial charge in [0.05, 0.1) is 22.6 Å². The van der Waals surface area contributed by atoms with Gasteiger partial charge in [0.25, 0.3) is 10.0 Å². The number of sulfonamides is 1. The SMILES string of the molecule is O=S(=O)(Nc1ncc(-c2nc[nH]c2-c2ccccc2)cn1)c1ccccc1. The number of imidazole rings is 1. The molecule has 4 aromatic rings. The molecule has 0 aliphatic carbocycles. The van der Waals surface area contributed by atoms with Gasteiger partial charge in [0, 0.05) is 23.5 Å². The zero-order chi connectivity index (χ0) is 18.7. The van der Waals surface area contributed by atoms with Gasteiger partial charge in [-0.05, 0) is 12.1 Å². The summed E-state index contributed by atoms with van der Waals surface area (Å²) < 4.78 is 27.1. The molecule has 0 aliphatic heterocycles. The van der Waals surface area contributed by atoms with Crippen molar-refractivity contribution in [1.29, 1.82) is 0 Å². The maximum Gasteiger partial charge on any atom is 0.264 e. The van der Waals surface area contributed by atoms with Crippen molar-refractivity contribution in [2.45, 2.75) is 4.90 Å². The molecule has 0 atom stereocenters. The number of aromatic nitrogens is 4. The van der Waals surface area contributed by atoms with Crippen molar-refractivity contribution < 1.29 is 8.42 Å². The molecule has 0 unspecified atom stereocenters. The molecule has 2 aromatic heterocycles. The van der Waals surface area contributed by atoms with E-state index in [0.717, 1.165) is 11.3 Å². The third-order valence-electron chi connectivity index (χ3n) is 3.91. The van der Waals surface area contributed by atoms with Gasteiger partial charge in [0.2, 0.25) is 5.95 Å². The number of nitrogens with zero attached hydrogens (tertiary/aromatic N) is 3. The molecule has 2 N–H and O–H groups in total. The van der Waals surface area contributed by atoms with Gasteiger partial charge in [-0.2, -0.15) is 0 Å². The fraction of sp³-hybridized carbons (Fsp3) is 0. The molecule has 0 amide bonds. The van der Waals surface area contributed by atoms with Gasteiger partial charge in [-0.25, -0.2) is 28.1 Å². The van der Waals surface area contributed by atoms with Gasteiger partial charge in [-0.1, -0.05) is 48.5 Å². The van der Waals surface area contributed by atoms with Crippen molar-refractivity contribution in [3.05, 3.63) is 79.4 Å². The van der Waals surface area contributed by atoms with Gasteiger partial charge < -0.3 is 4.98 Å². The molecule has 0 saturated heterocycles. The Morgan fingerprint density at radius 1 is 0.778 bits per heavy atom. The first kappa shape index (κ1) is 16.9. The van der Waals surface area contributed by atoms with E-state index >= 15 is 0 Å². The highest BCUT2D eigenvalue weighted by molar-refractivity contribution is 7.92. The Morgan fingerprint density at radius 3 is 2.07 bits per heavy atom. The molecule has 134 valence electrons. The number of anilines is 1. The second-order valence-electron chi connectivity index (χ2n) is 5.71. The normalized spacial score (nSPS) is 11.3. The summed E-state index contributed by atoms with van der Waals surface area (Å²) in [7, 11) is -3.73. The highest BCUT2D eigenvalue weighted by atomic mass is 32.2. The quantitative estimate of drug-likeness (QED) is 0.555. The number of hydrogen-bond acceptors (Lipinski definition) is 5. The lowest BCUT2D eigenvalue weighted by atomic mass is 10.1. The molecule has 0 spiro atoms. The maximum absolute atomic E-state index is 12.3. The average molecular weight is 377 g/mol. The molecule has 2 aromatic carbocycles. The number of hydrogen-bond donors (Lipinski definition) is 2. The molecular formula is C19H15N5O2S. The standard InChI is InChI=1S/C19H15N5O2S/c25-27(26,16-9-5-2-6-10-16)24-19-20-11-15(12-21-19)18-17(22-13-23-18)14-7-3-1-4-8-14/h1-13H,(H,22,23)(H,20,21,24). The van der Waals surface area contributed by atoms with Crippen LogP contribution in [-0.4, -0.2) is 28.4 Å². The number of rotatable bonds is 5. The monoisotopic (exact) mass is 377 g/mol. The molecule has 0 aliphatic rings. The van der Waals surface area contributed by atoms with Crippen LogP contribution in [0.25, 0.3) is 22.5 Å². The van der Waals surface area contributed by atoms with Crippen molar-refractivity contribution in [2.24, 2.45) is 0 Å². The minimum absolute atomic E-state index is 0.000556. The molecule has 0 saturated carbocycles. The lowest BCUT2D eigenvalue weighted by Gasteiger charge is -2.07. The molecule has 8 heteroatoms. The van der Waals surface area contributed by atoms with Crippen molar-refractivity contribution in [3.63, 3.8) is 0 Å². The second-order valence-corrected chi connectivity index (χ2v) is 7.39. The van der Waals surface area contributed by atoms with E-state index in [4.69, 9.17) is 0 Å². The van der Waals surface area contributed by atoms with Crippen LogP contribution >= 0.6 is 0 Å². The summed E-state index contributed by atoms with van der Waals surface area (Å²) in [6.45, 7) is 0. The molecule has 7 nitrogen and oxygen atoms in total. The first-order chi connectivity index (χ1) is 13.1. The van der Waals surface area contributed by atoms with E-state index in [9.17, 15) is 8.42 Å². The molecule has 0 bridgehead atoms. The van der Waals surface area contributed by atoms with E-state index in [-0.39, 0.29) is 10.8 Å². The van der Waals surface area contributed by atoms with Gasteiger partial charge in [0.15, 0.2) is 0 Å². The van der Waals surface area contributed by atoms with Crippen LogP contribution in [0.3, 0.4) is 0 Å². The lowest BCUT2D eigenvalue weighted by molar-refractivity contribution is 0.601. The molecule has 0 radical (unpaired) electrons. The maximum atomic E-state index is 12.3. The van der Waals surface area contributed by atoms with Crippen LogP contribution in [0.5, 0.6) is 0 Å². The van der Waals surface area contributed by atoms with Crippen molar-refractivity contribution in [3.8, 4) is 22.5 Å². The highest BCUT2D eigenvalue weighted by Crippen LogP contribution is 2.28. The third-order valence-corrected chi connectivity index (χ3v) is 5.25. The van der Waals surface area contributed by atoms with Gasteiger partial charge >= 0.3 is 0 Å². The fourth-order valence-corrected chi connectivity index (χ4v) is 3.60. The van der Waals surface area contributed by atoms with Gasteiger partial charge in [0.1, 0.15) is 0 Å². The van der Waals surface area contributed by atoms with E-state index in [1.807, 2.05) is 30.3 Å². The van der Waals surface area contributed by atoms with Crippen LogP contribution in [0, 0.1) is 0 Å². The fourth-order valence-electron chi connectivity index (χ4n) is 2.62. The highest BCUT2D eigenvalue weighted by Gasteiger charge is 2.16. The summed E-state index contributed by atoms with van der Waals surface area (Å²) in [6.07, 6.45) is 4.68. The smallest absolute Gasteiger partial charge is 0.264 e. The van der Waals surface area contributed by atoms with Crippen LogP contribution in [-0.2, 0) is 10.0 Å². The predicted molar refractivity (Wildman–Crippen MR) is 102 cm³/mol. The Kier molecular flexibility index (Phi) is 4.39. The Labute approximate surface area is 156 Å². The summed E-state index contributed by atoms with van der Waals surface area (Å²) in [5.74, 6) is -0.000556. The van der Waals surface area contributed by atoms with E-state index < -0.39 is 10.0 Å². The van der Waals surface area contributed by atoms with Crippen molar-refractivity contribution in [2.75, 3.05) is 4.72 Å². The zero-order valence-electron chi connectivity index (χ0n) is 14.1. The van der Waals surface area contributed by atoms with Crippen molar-refractivity contribution in [1.82, 2.24) is 19.9 Å². The summed E-state index contributed by atoms with van der Waals surface area (Å²) in [5.41, 5.74) is 3.20. The van der Waals surface area contributed by atoms with Gasteiger partial charge in [-0.3, -0.25) is 0 Å². The summed E-state index contributed by atoms with van der Waals surface area (Å²) in [4.78, 5) is 15.9. The third kappa shape index (κ3) is 3.56. The first-order valence-corrected chi connectivity index (χ1v) is 9.61. The Bertz CT molecular complexity index is 1140. The van der Waals surface area contributed by atoms with E-state index in [0.29, 0.717) is 11.3 Å². The molecule has 2 heterocycles. The summed E-state index contributed by atoms with van der Waals surface area (Å²) >= 11 is 0. The van der Waals surface area contributed by atoms with E-state index in [1.54, 1.807) is 36.9 Å². The Hall–Kier alpha value is -3.52. The Morgan fingerprint density at radius 2 is 1.41 bits per heavy atom. The molecule has 27 heavy (non-hydrogen) atoms. The minimum atomic E-state index is -3.73. The molecular weight excluding hydrogens is 362 g/mol. The number of H-pyrrole nitrogens is 1. The van der Waals surface area contributed by atoms with E-state index in [1.165, 1.54) is 12.1 Å². The van der Waals surface area contributed by atoms with Crippen molar-refractivity contribution >= 4 is 16.0 Å². The number of benzene rings is 2. The number of aromatic amines is 1.